The molecule has 0 N–H and O–H groups in total. The number of quaternary nitrogens is 1. The lowest BCUT2D eigenvalue weighted by molar-refractivity contribution is -0.931. The largest absolute Gasteiger partial charge is 0.445 e. The Balaban J connectivity index is 1.50. The Morgan fingerprint density at radius 1 is 1.21 bits per heavy atom. The topological polar surface area (TPSA) is 29.5 Å². The van der Waals surface area contributed by atoms with Crippen LogP contribution in [0.25, 0.3) is 0 Å². The van der Waals surface area contributed by atoms with E-state index < -0.39 is 17.7 Å². The van der Waals surface area contributed by atoms with Gasteiger partial charge in [0.2, 0.25) is 0 Å². The van der Waals surface area contributed by atoms with Gasteiger partial charge in [-0.15, -0.1) is 11.3 Å². The molecular weight excluding hydrogens is 382 g/mol. The number of nitrogens with zero attached hydrogens (tertiary/aromatic N) is 2. The minimum Gasteiger partial charge on any atom is -0.445 e. The van der Waals surface area contributed by atoms with Gasteiger partial charge in [0.15, 0.2) is 0 Å². The molecule has 1 amide bonds. The predicted octanol–water partition coefficient (Wildman–Crippen LogP) is 4.94. The first-order valence-corrected chi connectivity index (χ1v) is 10.5. The van der Waals surface area contributed by atoms with Gasteiger partial charge in [0.1, 0.15) is 22.7 Å². The monoisotopic (exact) mass is 407 g/mol. The number of rotatable bonds is 4. The fraction of sp³-hybridized carbons (Fsp3) is 0.476. The number of halogens is 2. The van der Waals surface area contributed by atoms with Crippen LogP contribution in [0.5, 0.6) is 0 Å². The summed E-state index contributed by atoms with van der Waals surface area (Å²) < 4.78 is 34.3. The molecule has 150 valence electrons. The minimum absolute atomic E-state index is 0.00654. The highest BCUT2D eigenvalue weighted by Gasteiger charge is 2.50. The summed E-state index contributed by atoms with van der Waals surface area (Å²) in [5.74, 6) is -1.30. The van der Waals surface area contributed by atoms with Gasteiger partial charge in [0, 0.05) is 37.3 Å². The maximum Gasteiger partial charge on any atom is 0.415 e. The lowest BCUT2D eigenvalue weighted by Crippen LogP contribution is -2.56. The van der Waals surface area contributed by atoms with Crippen molar-refractivity contribution in [2.24, 2.45) is 0 Å². The van der Waals surface area contributed by atoms with E-state index in [1.165, 1.54) is 41.2 Å². The van der Waals surface area contributed by atoms with Gasteiger partial charge >= 0.3 is 6.09 Å². The fourth-order valence-corrected chi connectivity index (χ4v) is 5.33. The third-order valence-corrected chi connectivity index (χ3v) is 7.28. The molecule has 4 rings (SSSR count). The molecule has 2 fully saturated rings. The molecule has 3 atom stereocenters. The standard InChI is InChI=1S/C21H25F2N2O2S/c1-25(2)16-7-8-17(25)12-18(11-16)27-21(26)24(20-4-3-9-28-20)13-14-5-6-15(22)10-19(14)23/h3-6,9-10,16-18H,7-8,11-13H2,1-2H3/q+1/t16-,17+,18?. The zero-order valence-corrected chi connectivity index (χ0v) is 16.9. The molecular formula is C21H25F2N2O2S+. The average Bonchev–Trinajstić information content (AvgIpc) is 3.17. The lowest BCUT2D eigenvalue weighted by Gasteiger charge is -2.44. The summed E-state index contributed by atoms with van der Waals surface area (Å²) in [5, 5.41) is 2.54. The highest BCUT2D eigenvalue weighted by Crippen LogP contribution is 2.41. The second-order valence-electron chi connectivity index (χ2n) is 8.26. The number of ether oxygens (including phenoxy) is 1. The van der Waals surface area contributed by atoms with Gasteiger partial charge < -0.3 is 9.22 Å². The first-order chi connectivity index (χ1) is 13.3. The highest BCUT2D eigenvalue weighted by atomic mass is 32.1. The summed E-state index contributed by atoms with van der Waals surface area (Å²) in [6.45, 7) is 0.00654. The number of amides is 1. The van der Waals surface area contributed by atoms with Crippen molar-refractivity contribution in [3.8, 4) is 0 Å². The van der Waals surface area contributed by atoms with E-state index in [4.69, 9.17) is 4.74 Å². The quantitative estimate of drug-likeness (QED) is 0.672. The maximum absolute atomic E-state index is 14.2. The first kappa shape index (κ1) is 19.3. The van der Waals surface area contributed by atoms with Crippen molar-refractivity contribution in [2.45, 2.75) is 50.4 Å². The number of piperidine rings is 1. The molecule has 2 aliphatic heterocycles. The molecule has 2 bridgehead atoms. The van der Waals surface area contributed by atoms with E-state index in [9.17, 15) is 13.6 Å². The molecule has 0 spiro atoms. The Morgan fingerprint density at radius 2 is 1.93 bits per heavy atom. The molecule has 3 heterocycles. The summed E-state index contributed by atoms with van der Waals surface area (Å²) in [6.07, 6.45) is 3.47. The van der Waals surface area contributed by atoms with Gasteiger partial charge in [-0.25, -0.2) is 13.6 Å². The molecule has 2 aliphatic rings. The van der Waals surface area contributed by atoms with Crippen molar-refractivity contribution in [3.05, 3.63) is 52.9 Å². The molecule has 2 aromatic rings. The number of anilines is 1. The highest BCUT2D eigenvalue weighted by molar-refractivity contribution is 7.14. The number of fused-ring (bicyclic) bond motifs is 2. The predicted molar refractivity (Wildman–Crippen MR) is 105 cm³/mol. The van der Waals surface area contributed by atoms with Crippen LogP contribution < -0.4 is 4.90 Å². The van der Waals surface area contributed by atoms with Gasteiger partial charge in [-0.05, 0) is 23.6 Å². The summed E-state index contributed by atoms with van der Waals surface area (Å²) in [6, 6.07) is 8.09. The number of benzene rings is 1. The van der Waals surface area contributed by atoms with E-state index in [2.05, 4.69) is 14.1 Å². The Hall–Kier alpha value is -1.99. The Labute approximate surface area is 167 Å². The van der Waals surface area contributed by atoms with Gasteiger partial charge in [-0.3, -0.25) is 4.90 Å². The SMILES string of the molecule is C[N+]1(C)[C@@H]2CC[C@H]1CC(OC(=O)N(Cc1ccc(F)cc1F)c1cccs1)C2. The van der Waals surface area contributed by atoms with Crippen molar-refractivity contribution >= 4 is 22.4 Å². The van der Waals surface area contributed by atoms with Crippen molar-refractivity contribution in [1.82, 2.24) is 0 Å². The van der Waals surface area contributed by atoms with E-state index in [1.54, 1.807) is 6.07 Å². The normalized spacial score (nSPS) is 25.5. The summed E-state index contributed by atoms with van der Waals surface area (Å²) in [7, 11) is 4.52. The number of hydrogen-bond donors (Lipinski definition) is 0. The molecule has 2 saturated heterocycles. The van der Waals surface area contributed by atoms with E-state index >= 15 is 0 Å². The van der Waals surface area contributed by atoms with Gasteiger partial charge in [-0.2, -0.15) is 0 Å². The molecule has 7 heteroatoms. The summed E-state index contributed by atoms with van der Waals surface area (Å²) >= 11 is 1.39. The zero-order valence-electron chi connectivity index (χ0n) is 16.1. The Bertz CT molecular complexity index is 840. The van der Waals surface area contributed by atoms with Crippen LogP contribution in [0.1, 0.15) is 31.2 Å². The van der Waals surface area contributed by atoms with Crippen molar-refractivity contribution in [2.75, 3.05) is 19.0 Å². The van der Waals surface area contributed by atoms with Gasteiger partial charge in [0.25, 0.3) is 0 Å². The Morgan fingerprint density at radius 3 is 2.54 bits per heavy atom. The first-order valence-electron chi connectivity index (χ1n) is 9.63. The lowest BCUT2D eigenvalue weighted by atomic mass is 9.98. The van der Waals surface area contributed by atoms with Crippen molar-refractivity contribution in [1.29, 1.82) is 0 Å². The van der Waals surface area contributed by atoms with Crippen LogP contribution in [0.4, 0.5) is 18.6 Å². The molecule has 4 nitrogen and oxygen atoms in total. The van der Waals surface area contributed by atoms with E-state index in [0.29, 0.717) is 17.1 Å². The van der Waals surface area contributed by atoms with Gasteiger partial charge in [0.05, 0.1) is 32.7 Å². The molecule has 1 aromatic carbocycles. The second kappa shape index (κ2) is 7.44. The molecule has 1 unspecified atom stereocenters. The molecule has 1 aromatic heterocycles. The average molecular weight is 408 g/mol. The smallest absolute Gasteiger partial charge is 0.415 e. The minimum atomic E-state index is -0.663. The van der Waals surface area contributed by atoms with E-state index in [-0.39, 0.29) is 18.2 Å². The van der Waals surface area contributed by atoms with Crippen molar-refractivity contribution < 1.29 is 22.8 Å². The van der Waals surface area contributed by atoms with Crippen LogP contribution in [0.2, 0.25) is 0 Å². The molecule has 0 aliphatic carbocycles. The molecule has 0 radical (unpaired) electrons. The third-order valence-electron chi connectivity index (χ3n) is 6.39. The molecule has 0 saturated carbocycles. The Kier molecular flexibility index (Phi) is 5.14. The number of thiophene rings is 1. The summed E-state index contributed by atoms with van der Waals surface area (Å²) in [5.41, 5.74) is 0.258. The number of carbonyl (C=O) groups excluding carboxylic acids is 1. The number of carbonyl (C=O) groups is 1. The molecule has 28 heavy (non-hydrogen) atoms. The number of hydrogen-bond acceptors (Lipinski definition) is 3. The second-order valence-corrected chi connectivity index (χ2v) is 9.19. The van der Waals surface area contributed by atoms with E-state index in [0.717, 1.165) is 23.4 Å². The van der Waals surface area contributed by atoms with Crippen LogP contribution in [0.15, 0.2) is 35.7 Å². The van der Waals surface area contributed by atoms with Crippen LogP contribution in [0, 0.1) is 11.6 Å². The van der Waals surface area contributed by atoms with Crippen LogP contribution in [0.3, 0.4) is 0 Å². The van der Waals surface area contributed by atoms with Gasteiger partial charge in [-0.1, -0.05) is 6.07 Å². The van der Waals surface area contributed by atoms with E-state index in [1.807, 2.05) is 11.4 Å². The zero-order chi connectivity index (χ0) is 19.9. The summed E-state index contributed by atoms with van der Waals surface area (Å²) in [4.78, 5) is 14.4. The fourth-order valence-electron chi connectivity index (χ4n) is 4.61. The van der Waals surface area contributed by atoms with Crippen molar-refractivity contribution in [3.63, 3.8) is 0 Å². The maximum atomic E-state index is 14.2. The van der Waals surface area contributed by atoms with Crippen LogP contribution in [-0.4, -0.2) is 42.9 Å². The van der Waals surface area contributed by atoms with Crippen LogP contribution >= 0.6 is 11.3 Å². The third kappa shape index (κ3) is 3.65. The van der Waals surface area contributed by atoms with Crippen LogP contribution in [-0.2, 0) is 11.3 Å².